The van der Waals surface area contributed by atoms with Crippen LogP contribution in [0.15, 0.2) is 54.6 Å². The molecule has 146 valence electrons. The fourth-order valence-electron chi connectivity index (χ4n) is 3.64. The van der Waals surface area contributed by atoms with Crippen molar-refractivity contribution in [3.8, 4) is 0 Å². The summed E-state index contributed by atoms with van der Waals surface area (Å²) in [7, 11) is 0. The summed E-state index contributed by atoms with van der Waals surface area (Å²) in [5.74, 6) is -2.51. The molecule has 2 aromatic rings. The fraction of sp³-hybridized carbons (Fsp3) is 0.238. The molecule has 0 saturated carbocycles. The number of benzene rings is 2. The van der Waals surface area contributed by atoms with Gasteiger partial charge in [0.05, 0.1) is 17.4 Å². The Morgan fingerprint density at radius 1 is 1.11 bits per heavy atom. The van der Waals surface area contributed by atoms with Gasteiger partial charge in [-0.2, -0.15) is 0 Å². The molecule has 4 rings (SSSR count). The summed E-state index contributed by atoms with van der Waals surface area (Å²) >= 11 is 0. The average Bonchev–Trinajstić information content (AvgIpc) is 3.05. The summed E-state index contributed by atoms with van der Waals surface area (Å²) in [5, 5.41) is 19.3. The number of nitrogens with zero attached hydrogens (tertiary/aromatic N) is 1. The van der Waals surface area contributed by atoms with Crippen LogP contribution in [0.2, 0.25) is 0 Å². The van der Waals surface area contributed by atoms with E-state index < -0.39 is 11.9 Å². The Bertz CT molecular complexity index is 894. The van der Waals surface area contributed by atoms with Gasteiger partial charge < -0.3 is 26.2 Å². The number of hydrogen-bond donors (Lipinski definition) is 4. The molecule has 0 fully saturated rings. The predicted octanol–water partition coefficient (Wildman–Crippen LogP) is 2.91. The zero-order valence-corrected chi connectivity index (χ0v) is 15.3. The van der Waals surface area contributed by atoms with Crippen molar-refractivity contribution >= 4 is 29.0 Å². The molecule has 5 N–H and O–H groups in total. The smallest absolute Gasteiger partial charge is 0.328 e. The molecule has 7 heteroatoms. The van der Waals surface area contributed by atoms with Gasteiger partial charge in [0, 0.05) is 24.4 Å². The Labute approximate surface area is 163 Å². The van der Waals surface area contributed by atoms with Crippen molar-refractivity contribution in [2.24, 2.45) is 5.73 Å². The van der Waals surface area contributed by atoms with E-state index in [1.54, 1.807) is 0 Å². The Hall–Kier alpha value is -3.32. The van der Waals surface area contributed by atoms with Crippen LogP contribution in [0.4, 0.5) is 17.1 Å². The second-order valence-electron chi connectivity index (χ2n) is 6.56. The van der Waals surface area contributed by atoms with E-state index in [2.05, 4.69) is 52.7 Å². The molecule has 0 amide bonds. The Balaban J connectivity index is 0.000000242. The molecule has 0 bridgehead atoms. The molecule has 28 heavy (non-hydrogen) atoms. The summed E-state index contributed by atoms with van der Waals surface area (Å²) in [6.07, 6.45) is 3.20. The normalized spacial score (nSPS) is 16.3. The summed E-state index contributed by atoms with van der Waals surface area (Å²) < 4.78 is 0. The van der Waals surface area contributed by atoms with E-state index in [1.165, 1.54) is 28.2 Å². The zero-order valence-electron chi connectivity index (χ0n) is 15.3. The number of anilines is 3. The molecule has 1 unspecified atom stereocenters. The maximum Gasteiger partial charge on any atom is 0.328 e. The summed E-state index contributed by atoms with van der Waals surface area (Å²) in [5.41, 5.74) is 12.6. The molecular weight excluding hydrogens is 358 g/mol. The van der Waals surface area contributed by atoms with E-state index in [4.69, 9.17) is 15.9 Å². The predicted molar refractivity (Wildman–Crippen MR) is 108 cm³/mol. The van der Waals surface area contributed by atoms with E-state index in [1.807, 2.05) is 0 Å². The van der Waals surface area contributed by atoms with Gasteiger partial charge in [0.25, 0.3) is 0 Å². The van der Waals surface area contributed by atoms with Crippen molar-refractivity contribution in [1.29, 1.82) is 0 Å². The van der Waals surface area contributed by atoms with E-state index in [9.17, 15) is 9.59 Å². The van der Waals surface area contributed by atoms with Crippen LogP contribution in [0.25, 0.3) is 0 Å². The average molecular weight is 381 g/mol. The van der Waals surface area contributed by atoms with Gasteiger partial charge in [0.15, 0.2) is 0 Å². The van der Waals surface area contributed by atoms with Gasteiger partial charge in [-0.1, -0.05) is 30.3 Å². The van der Waals surface area contributed by atoms with Crippen molar-refractivity contribution in [3.63, 3.8) is 0 Å². The number of para-hydroxylation sites is 3. The number of nitrogens with one attached hydrogen (secondary N) is 1. The van der Waals surface area contributed by atoms with E-state index >= 15 is 0 Å². The lowest BCUT2D eigenvalue weighted by Crippen LogP contribution is -2.15. The van der Waals surface area contributed by atoms with Gasteiger partial charge >= 0.3 is 11.9 Å². The van der Waals surface area contributed by atoms with Crippen molar-refractivity contribution < 1.29 is 19.8 Å². The number of carboxylic acid groups (broad SMARTS) is 2. The largest absolute Gasteiger partial charge is 0.478 e. The van der Waals surface area contributed by atoms with Crippen LogP contribution in [-0.2, 0) is 16.0 Å². The van der Waals surface area contributed by atoms with Gasteiger partial charge in [0.2, 0.25) is 0 Å². The fourth-order valence-corrected chi connectivity index (χ4v) is 3.64. The van der Waals surface area contributed by atoms with Gasteiger partial charge in [-0.15, -0.1) is 0 Å². The molecule has 7 nitrogen and oxygen atoms in total. The molecular formula is C21H23N3O4. The lowest BCUT2D eigenvalue weighted by molar-refractivity contribution is -0.134. The van der Waals surface area contributed by atoms with Crippen molar-refractivity contribution in [3.05, 3.63) is 65.7 Å². The summed E-state index contributed by atoms with van der Waals surface area (Å²) in [6.45, 7) is 1.77. The zero-order chi connectivity index (χ0) is 20.1. The molecule has 2 aliphatic rings. The maximum absolute atomic E-state index is 9.55. The topological polar surface area (TPSA) is 116 Å². The number of nitrogens with two attached hydrogens (primary N) is 1. The third-order valence-corrected chi connectivity index (χ3v) is 4.75. The number of carbonyl (C=O) groups is 2. The first-order valence-corrected chi connectivity index (χ1v) is 9.10. The van der Waals surface area contributed by atoms with Crippen LogP contribution in [0, 0.1) is 0 Å². The van der Waals surface area contributed by atoms with E-state index in [0.29, 0.717) is 24.7 Å². The quantitative estimate of drug-likeness (QED) is 0.602. The molecule has 2 aromatic carbocycles. The molecule has 2 aliphatic heterocycles. The standard InChI is InChI=1S/C17H19N3.C4H4O4/c18-10-8-14-13-5-3-4-12-9-11-20(17(12)13)16-7-2-1-6-15(16)19-14;5-3(6)1-2-4(7)8/h1-7,14,19H,8-11,18H2;1-2H,(H,5,6)(H,7,8). The lowest BCUT2D eigenvalue weighted by atomic mass is 9.99. The maximum atomic E-state index is 9.55. The van der Waals surface area contributed by atoms with Crippen molar-refractivity contribution in [2.45, 2.75) is 18.9 Å². The third kappa shape index (κ3) is 4.15. The summed E-state index contributed by atoms with van der Waals surface area (Å²) in [4.78, 5) is 21.6. The minimum Gasteiger partial charge on any atom is -0.478 e. The van der Waals surface area contributed by atoms with Crippen LogP contribution in [0.1, 0.15) is 23.6 Å². The highest BCUT2D eigenvalue weighted by molar-refractivity contribution is 5.89. The molecule has 0 saturated heterocycles. The summed E-state index contributed by atoms with van der Waals surface area (Å²) in [6, 6.07) is 15.6. The van der Waals surface area contributed by atoms with Gasteiger partial charge in [0.1, 0.15) is 0 Å². The van der Waals surface area contributed by atoms with E-state index in [0.717, 1.165) is 19.4 Å². The first kappa shape index (κ1) is 19.4. The Kier molecular flexibility index (Phi) is 5.96. The van der Waals surface area contributed by atoms with Crippen LogP contribution in [0.5, 0.6) is 0 Å². The minimum atomic E-state index is -1.26. The Morgan fingerprint density at radius 3 is 2.50 bits per heavy atom. The molecule has 1 atom stereocenters. The lowest BCUT2D eigenvalue weighted by Gasteiger charge is -2.21. The number of aliphatic carboxylic acids is 2. The Morgan fingerprint density at radius 2 is 1.82 bits per heavy atom. The first-order chi connectivity index (χ1) is 13.5. The molecule has 0 radical (unpaired) electrons. The van der Waals surface area contributed by atoms with Gasteiger partial charge in [-0.25, -0.2) is 9.59 Å². The van der Waals surface area contributed by atoms with Crippen LogP contribution < -0.4 is 16.0 Å². The van der Waals surface area contributed by atoms with Crippen molar-refractivity contribution in [1.82, 2.24) is 0 Å². The van der Waals surface area contributed by atoms with Crippen molar-refractivity contribution in [2.75, 3.05) is 23.3 Å². The second-order valence-corrected chi connectivity index (χ2v) is 6.56. The second kappa shape index (κ2) is 8.58. The van der Waals surface area contributed by atoms with Crippen LogP contribution in [-0.4, -0.2) is 35.2 Å². The third-order valence-electron chi connectivity index (χ3n) is 4.75. The number of carboxylic acids is 2. The number of fused-ring (bicyclic) bond motifs is 2. The SMILES string of the molecule is NCCC1Nc2ccccc2N2CCc3cccc1c32.O=C(O)C=CC(=O)O. The monoisotopic (exact) mass is 381 g/mol. The van der Waals surface area contributed by atoms with Crippen LogP contribution >= 0.6 is 0 Å². The molecule has 0 aromatic heterocycles. The minimum absolute atomic E-state index is 0.305. The molecule has 0 aliphatic carbocycles. The highest BCUT2D eigenvalue weighted by Crippen LogP contribution is 2.46. The number of hydrogen-bond acceptors (Lipinski definition) is 5. The highest BCUT2D eigenvalue weighted by atomic mass is 16.4. The first-order valence-electron chi connectivity index (χ1n) is 9.10. The van der Waals surface area contributed by atoms with Gasteiger partial charge in [-0.05, 0) is 42.6 Å². The van der Waals surface area contributed by atoms with Crippen LogP contribution in [0.3, 0.4) is 0 Å². The number of rotatable bonds is 4. The van der Waals surface area contributed by atoms with Gasteiger partial charge in [-0.3, -0.25) is 0 Å². The molecule has 2 heterocycles. The molecule has 0 spiro atoms. The highest BCUT2D eigenvalue weighted by Gasteiger charge is 2.30. The van der Waals surface area contributed by atoms with E-state index in [-0.39, 0.29) is 0 Å².